The summed E-state index contributed by atoms with van der Waals surface area (Å²) in [7, 11) is 1.61. The normalized spacial score (nSPS) is 11.2. The third-order valence-electron chi connectivity index (χ3n) is 5.68. The van der Waals surface area contributed by atoms with Gasteiger partial charge in [0.15, 0.2) is 0 Å². The molecule has 0 radical (unpaired) electrons. The fraction of sp³-hybridized carbons (Fsp3) is 0.0741. The van der Waals surface area contributed by atoms with E-state index in [1.807, 2.05) is 37.3 Å². The fourth-order valence-electron chi connectivity index (χ4n) is 3.79. The number of methoxy groups -OCH3 is 1. The van der Waals surface area contributed by atoms with Crippen LogP contribution in [-0.2, 0) is 4.79 Å². The maximum Gasteiger partial charge on any atom is 0.280 e. The van der Waals surface area contributed by atoms with Crippen LogP contribution in [-0.4, -0.2) is 32.9 Å². The summed E-state index contributed by atoms with van der Waals surface area (Å²) in [4.78, 5) is 24.9. The van der Waals surface area contributed by atoms with E-state index in [1.54, 1.807) is 43.5 Å². The van der Waals surface area contributed by atoms with Crippen LogP contribution in [0.4, 0.5) is 11.4 Å². The molecular formula is C27H21N5O5. The maximum atomic E-state index is 12.6. The minimum Gasteiger partial charge on any atom is -0.497 e. The first-order valence-electron chi connectivity index (χ1n) is 11.3. The van der Waals surface area contributed by atoms with Crippen molar-refractivity contribution in [3.63, 3.8) is 0 Å². The van der Waals surface area contributed by atoms with Gasteiger partial charge in [0.05, 0.1) is 23.3 Å². The lowest BCUT2D eigenvalue weighted by Crippen LogP contribution is -2.08. The van der Waals surface area contributed by atoms with E-state index >= 15 is 0 Å². The van der Waals surface area contributed by atoms with Crippen LogP contribution in [0.3, 0.4) is 0 Å². The van der Waals surface area contributed by atoms with Gasteiger partial charge in [0.2, 0.25) is 5.91 Å². The molecule has 2 heterocycles. The van der Waals surface area contributed by atoms with E-state index < -0.39 is 4.92 Å². The lowest BCUT2D eigenvalue weighted by Gasteiger charge is -2.05. The molecule has 0 aliphatic rings. The number of aryl methyl sites for hydroxylation is 1. The molecule has 0 aliphatic carbocycles. The maximum absolute atomic E-state index is 12.6. The molecule has 0 spiro atoms. The van der Waals surface area contributed by atoms with E-state index in [4.69, 9.17) is 9.15 Å². The number of fused-ring (bicyclic) bond motifs is 1. The number of amides is 1. The highest BCUT2D eigenvalue weighted by atomic mass is 16.6. The Morgan fingerprint density at radius 1 is 1.05 bits per heavy atom. The summed E-state index contributed by atoms with van der Waals surface area (Å²) in [6.45, 7) is 1.87. The second-order valence-electron chi connectivity index (χ2n) is 8.14. The Morgan fingerprint density at radius 3 is 2.51 bits per heavy atom. The molecule has 10 heteroatoms. The Kier molecular flexibility index (Phi) is 6.21. The first kappa shape index (κ1) is 23.5. The molecule has 0 saturated carbocycles. The molecule has 0 saturated heterocycles. The van der Waals surface area contributed by atoms with Crippen molar-refractivity contribution in [1.29, 1.82) is 0 Å². The highest BCUT2D eigenvalue weighted by Gasteiger charge is 2.17. The van der Waals surface area contributed by atoms with Crippen LogP contribution in [0, 0.1) is 17.0 Å². The van der Waals surface area contributed by atoms with Gasteiger partial charge in [-0.25, -0.2) is 0 Å². The Bertz CT molecular complexity index is 1650. The topological polar surface area (TPSA) is 125 Å². The van der Waals surface area contributed by atoms with Gasteiger partial charge in [-0.2, -0.15) is 4.80 Å². The SMILES string of the molecule is COc1ccc(-n2nc3cc(C)c(NC(=O)/C=C/c4ccc(-c5ccccc5[N+](=O)[O-])o4)cc3n2)cc1. The van der Waals surface area contributed by atoms with Crippen molar-refractivity contribution in [2.75, 3.05) is 12.4 Å². The number of nitrogens with zero attached hydrogens (tertiary/aromatic N) is 4. The Balaban J connectivity index is 1.31. The monoisotopic (exact) mass is 495 g/mol. The highest BCUT2D eigenvalue weighted by Crippen LogP contribution is 2.31. The van der Waals surface area contributed by atoms with Crippen molar-refractivity contribution in [1.82, 2.24) is 15.0 Å². The van der Waals surface area contributed by atoms with Gasteiger partial charge in [-0.1, -0.05) is 12.1 Å². The molecule has 5 rings (SSSR count). The molecule has 10 nitrogen and oxygen atoms in total. The first-order chi connectivity index (χ1) is 17.9. The van der Waals surface area contributed by atoms with Gasteiger partial charge in [-0.15, -0.1) is 10.2 Å². The minimum absolute atomic E-state index is 0.0556. The number of para-hydroxylation sites is 1. The zero-order valence-electron chi connectivity index (χ0n) is 19.9. The molecule has 0 atom stereocenters. The molecular weight excluding hydrogens is 474 g/mol. The number of aromatic nitrogens is 3. The number of nitrogens with one attached hydrogen (secondary N) is 1. The summed E-state index contributed by atoms with van der Waals surface area (Å²) in [5, 5.41) is 23.2. The van der Waals surface area contributed by atoms with Crippen molar-refractivity contribution in [2.24, 2.45) is 0 Å². The van der Waals surface area contributed by atoms with Gasteiger partial charge in [0, 0.05) is 17.8 Å². The summed E-state index contributed by atoms with van der Waals surface area (Å²) >= 11 is 0. The fourth-order valence-corrected chi connectivity index (χ4v) is 3.79. The molecule has 1 amide bonds. The molecule has 3 aromatic carbocycles. The Morgan fingerprint density at radius 2 is 1.78 bits per heavy atom. The zero-order valence-corrected chi connectivity index (χ0v) is 19.9. The number of carbonyl (C=O) groups is 1. The highest BCUT2D eigenvalue weighted by molar-refractivity contribution is 6.03. The molecule has 2 aromatic heterocycles. The van der Waals surface area contributed by atoms with Crippen molar-refractivity contribution < 1.29 is 18.9 Å². The second kappa shape index (κ2) is 9.78. The molecule has 0 bridgehead atoms. The molecule has 37 heavy (non-hydrogen) atoms. The first-order valence-corrected chi connectivity index (χ1v) is 11.3. The Hall–Kier alpha value is -5.25. The average molecular weight is 495 g/mol. The van der Waals surface area contributed by atoms with Crippen LogP contribution in [0.25, 0.3) is 34.1 Å². The van der Waals surface area contributed by atoms with E-state index in [1.165, 1.54) is 23.0 Å². The summed E-state index contributed by atoms with van der Waals surface area (Å²) in [6.07, 6.45) is 2.83. The van der Waals surface area contributed by atoms with Gasteiger partial charge in [0.25, 0.3) is 5.69 Å². The lowest BCUT2D eigenvalue weighted by molar-refractivity contribution is -0.384. The van der Waals surface area contributed by atoms with Gasteiger partial charge < -0.3 is 14.5 Å². The van der Waals surface area contributed by atoms with Crippen molar-refractivity contribution in [2.45, 2.75) is 6.92 Å². The average Bonchev–Trinajstić information content (AvgIpc) is 3.55. The number of anilines is 1. The van der Waals surface area contributed by atoms with Crippen molar-refractivity contribution in [3.05, 3.63) is 100 Å². The number of furan rings is 1. The van der Waals surface area contributed by atoms with Gasteiger partial charge >= 0.3 is 0 Å². The van der Waals surface area contributed by atoms with E-state index in [2.05, 4.69) is 15.5 Å². The standard InChI is InChI=1S/C27H21N5O5/c1-17-15-23-24(30-31(29-23)18-7-9-19(36-2)10-8-18)16-22(17)28-27(33)14-12-20-11-13-26(37-20)21-5-3-4-6-25(21)32(34)35/h3-16H,1-2H3,(H,28,33)/b14-12+. The number of ether oxygens (including phenoxy) is 1. The van der Waals surface area contributed by atoms with Crippen LogP contribution in [0.15, 0.2) is 83.3 Å². The molecule has 5 aromatic rings. The molecule has 0 aliphatic heterocycles. The van der Waals surface area contributed by atoms with Crippen molar-refractivity contribution >= 4 is 34.4 Å². The second-order valence-corrected chi connectivity index (χ2v) is 8.14. The number of hydrogen-bond donors (Lipinski definition) is 1. The van der Waals surface area contributed by atoms with Gasteiger partial charge in [0.1, 0.15) is 28.3 Å². The number of carbonyl (C=O) groups excluding carboxylic acids is 1. The number of nitro benzene ring substituents is 1. The van der Waals surface area contributed by atoms with E-state index in [-0.39, 0.29) is 11.6 Å². The third-order valence-corrected chi connectivity index (χ3v) is 5.68. The largest absolute Gasteiger partial charge is 0.497 e. The van der Waals surface area contributed by atoms with E-state index in [9.17, 15) is 14.9 Å². The third kappa shape index (κ3) is 4.94. The predicted molar refractivity (Wildman–Crippen MR) is 139 cm³/mol. The molecule has 184 valence electrons. The minimum atomic E-state index is -0.463. The number of nitro groups is 1. The predicted octanol–water partition coefficient (Wildman–Crippen LogP) is 5.56. The summed E-state index contributed by atoms with van der Waals surface area (Å²) < 4.78 is 10.9. The van der Waals surface area contributed by atoms with Crippen LogP contribution in [0.1, 0.15) is 11.3 Å². The Labute approximate surface area is 210 Å². The van der Waals surface area contributed by atoms with Crippen LogP contribution in [0.5, 0.6) is 5.75 Å². The van der Waals surface area contributed by atoms with Crippen LogP contribution >= 0.6 is 0 Å². The lowest BCUT2D eigenvalue weighted by atomic mass is 10.1. The summed E-state index contributed by atoms with van der Waals surface area (Å²) in [6, 6.07) is 20.6. The van der Waals surface area contributed by atoms with E-state index in [0.717, 1.165) is 17.0 Å². The molecule has 1 N–H and O–H groups in total. The smallest absolute Gasteiger partial charge is 0.280 e. The molecule has 0 unspecified atom stereocenters. The number of rotatable bonds is 7. The summed E-state index contributed by atoms with van der Waals surface area (Å²) in [5.74, 6) is 1.10. The number of benzene rings is 3. The van der Waals surface area contributed by atoms with Crippen LogP contribution < -0.4 is 10.1 Å². The van der Waals surface area contributed by atoms with Gasteiger partial charge in [-0.3, -0.25) is 14.9 Å². The van der Waals surface area contributed by atoms with Crippen LogP contribution in [0.2, 0.25) is 0 Å². The number of hydrogen-bond acceptors (Lipinski definition) is 7. The van der Waals surface area contributed by atoms with E-state index in [0.29, 0.717) is 33.8 Å². The summed E-state index contributed by atoms with van der Waals surface area (Å²) in [5.41, 5.74) is 3.84. The zero-order chi connectivity index (χ0) is 25.9. The van der Waals surface area contributed by atoms with Gasteiger partial charge in [-0.05, 0) is 73.2 Å². The van der Waals surface area contributed by atoms with Crippen molar-refractivity contribution in [3.8, 4) is 22.8 Å². The molecule has 0 fully saturated rings. The quantitative estimate of drug-likeness (QED) is 0.178.